The smallest absolute Gasteiger partial charge is 0.211 e. The predicted octanol–water partition coefficient (Wildman–Crippen LogP) is 3.25. The van der Waals surface area contributed by atoms with Gasteiger partial charge in [0.05, 0.1) is 5.70 Å². The highest BCUT2D eigenvalue weighted by molar-refractivity contribution is 5.84. The normalized spacial score (nSPS) is 14.9. The third-order valence-electron chi connectivity index (χ3n) is 2.48. The number of nitrogens with zero attached hydrogens (tertiary/aromatic N) is 1. The van der Waals surface area contributed by atoms with Gasteiger partial charge in [-0.1, -0.05) is 43.0 Å². The summed E-state index contributed by atoms with van der Waals surface area (Å²) in [7, 11) is 0. The second-order valence-electron chi connectivity index (χ2n) is 3.54. The Labute approximate surface area is 94.3 Å². The second kappa shape index (κ2) is 4.56. The van der Waals surface area contributed by atoms with E-state index in [1.165, 1.54) is 0 Å². The van der Waals surface area contributed by atoms with Crippen molar-refractivity contribution in [1.29, 1.82) is 0 Å². The Bertz CT molecular complexity index is 517. The maximum absolute atomic E-state index is 10.4. The lowest BCUT2D eigenvalue weighted by atomic mass is 9.91. The largest absolute Gasteiger partial charge is 0.240 e. The molecule has 0 aliphatic heterocycles. The lowest BCUT2D eigenvalue weighted by Gasteiger charge is -2.15. The van der Waals surface area contributed by atoms with Crippen LogP contribution in [0.2, 0.25) is 0 Å². The van der Waals surface area contributed by atoms with Crippen LogP contribution in [0.25, 0.3) is 5.57 Å². The number of rotatable bonds is 2. The molecule has 0 heterocycles. The van der Waals surface area contributed by atoms with Gasteiger partial charge in [0.2, 0.25) is 6.08 Å². The number of isocyanates is 1. The molecule has 2 heteroatoms. The van der Waals surface area contributed by atoms with E-state index in [1.54, 1.807) is 6.08 Å². The zero-order chi connectivity index (χ0) is 11.4. The molecule has 0 atom stereocenters. The molecule has 0 amide bonds. The van der Waals surface area contributed by atoms with Gasteiger partial charge in [-0.05, 0) is 23.6 Å². The molecule has 2 rings (SSSR count). The molecule has 0 aromatic heterocycles. The van der Waals surface area contributed by atoms with E-state index in [4.69, 9.17) is 0 Å². The summed E-state index contributed by atoms with van der Waals surface area (Å²) in [5.41, 5.74) is 3.58. The molecule has 78 valence electrons. The molecule has 1 aromatic rings. The average molecular weight is 209 g/mol. The molecule has 0 bridgehead atoms. The molecule has 1 aromatic carbocycles. The SMILES string of the molecule is C=C1CC=CC(N=C=O)=C1c1ccccc1. The highest BCUT2D eigenvalue weighted by Crippen LogP contribution is 2.32. The first-order valence-electron chi connectivity index (χ1n) is 5.05. The number of carbonyl (C=O) groups excluding carboxylic acids is 1. The van der Waals surface area contributed by atoms with Gasteiger partial charge in [-0.25, -0.2) is 4.79 Å². The summed E-state index contributed by atoms with van der Waals surface area (Å²) in [5.74, 6) is 0. The summed E-state index contributed by atoms with van der Waals surface area (Å²) >= 11 is 0. The molecule has 1 aliphatic carbocycles. The number of benzene rings is 1. The molecule has 0 saturated carbocycles. The van der Waals surface area contributed by atoms with Crippen LogP contribution in [0.3, 0.4) is 0 Å². The summed E-state index contributed by atoms with van der Waals surface area (Å²) in [5, 5.41) is 0. The van der Waals surface area contributed by atoms with Crippen molar-refractivity contribution in [3.63, 3.8) is 0 Å². The van der Waals surface area contributed by atoms with E-state index in [1.807, 2.05) is 42.5 Å². The zero-order valence-corrected chi connectivity index (χ0v) is 8.81. The van der Waals surface area contributed by atoms with Gasteiger partial charge in [0, 0.05) is 5.57 Å². The van der Waals surface area contributed by atoms with Crippen LogP contribution in [0.15, 0.2) is 65.3 Å². The van der Waals surface area contributed by atoms with Crippen LogP contribution >= 0.6 is 0 Å². The quantitative estimate of drug-likeness (QED) is 0.543. The highest BCUT2D eigenvalue weighted by Gasteiger charge is 2.13. The van der Waals surface area contributed by atoms with E-state index in [-0.39, 0.29) is 0 Å². The van der Waals surface area contributed by atoms with Crippen molar-refractivity contribution in [2.24, 2.45) is 4.99 Å². The first-order chi connectivity index (χ1) is 7.83. The molecule has 0 unspecified atom stereocenters. The molecule has 1 aliphatic rings. The van der Waals surface area contributed by atoms with Crippen LogP contribution in [0.4, 0.5) is 0 Å². The molecule has 0 saturated heterocycles. The van der Waals surface area contributed by atoms with E-state index in [2.05, 4.69) is 11.6 Å². The molecule has 0 radical (unpaired) electrons. The Morgan fingerprint density at radius 1 is 1.25 bits per heavy atom. The minimum absolute atomic E-state index is 0.637. The zero-order valence-electron chi connectivity index (χ0n) is 8.81. The molecular formula is C14H11NO. The van der Waals surface area contributed by atoms with Crippen LogP contribution < -0.4 is 0 Å². The van der Waals surface area contributed by atoms with Crippen LogP contribution in [0.1, 0.15) is 12.0 Å². The molecule has 0 fully saturated rings. The maximum atomic E-state index is 10.4. The molecule has 0 N–H and O–H groups in total. The Morgan fingerprint density at radius 2 is 2.00 bits per heavy atom. The van der Waals surface area contributed by atoms with E-state index in [0.717, 1.165) is 23.1 Å². The van der Waals surface area contributed by atoms with Gasteiger partial charge in [-0.3, -0.25) is 0 Å². The van der Waals surface area contributed by atoms with Gasteiger partial charge in [0.25, 0.3) is 0 Å². The monoisotopic (exact) mass is 209 g/mol. The van der Waals surface area contributed by atoms with Crippen LogP contribution in [0, 0.1) is 0 Å². The highest BCUT2D eigenvalue weighted by atomic mass is 16.1. The van der Waals surface area contributed by atoms with Gasteiger partial charge >= 0.3 is 0 Å². The van der Waals surface area contributed by atoms with E-state index >= 15 is 0 Å². The lowest BCUT2D eigenvalue weighted by molar-refractivity contribution is 0.565. The van der Waals surface area contributed by atoms with Gasteiger partial charge in [-0.2, -0.15) is 4.99 Å². The maximum Gasteiger partial charge on any atom is 0.240 e. The van der Waals surface area contributed by atoms with Crippen molar-refractivity contribution < 1.29 is 4.79 Å². The van der Waals surface area contributed by atoms with Gasteiger partial charge in [-0.15, -0.1) is 0 Å². The standard InChI is InChI=1S/C14H11NO/c1-11-6-5-9-13(15-10-16)14(11)12-7-3-2-4-8-12/h2-5,7-9H,1,6H2. The van der Waals surface area contributed by atoms with Crippen molar-refractivity contribution in [1.82, 2.24) is 0 Å². The van der Waals surface area contributed by atoms with Crippen LogP contribution in [-0.2, 0) is 4.79 Å². The Kier molecular flexibility index (Phi) is 2.95. The average Bonchev–Trinajstić information content (AvgIpc) is 2.31. The van der Waals surface area contributed by atoms with Crippen molar-refractivity contribution >= 4 is 11.7 Å². The molecule has 2 nitrogen and oxygen atoms in total. The van der Waals surface area contributed by atoms with Gasteiger partial charge in [0.1, 0.15) is 0 Å². The van der Waals surface area contributed by atoms with Crippen molar-refractivity contribution in [2.45, 2.75) is 6.42 Å². The minimum atomic E-state index is 0.637. The topological polar surface area (TPSA) is 29.4 Å². The number of hydrogen-bond donors (Lipinski definition) is 0. The van der Waals surface area contributed by atoms with Crippen molar-refractivity contribution in [3.05, 3.63) is 65.9 Å². The van der Waals surface area contributed by atoms with Crippen molar-refractivity contribution in [3.8, 4) is 0 Å². The summed E-state index contributed by atoms with van der Waals surface area (Å²) < 4.78 is 0. The fourth-order valence-electron chi connectivity index (χ4n) is 1.78. The van der Waals surface area contributed by atoms with Crippen LogP contribution in [0.5, 0.6) is 0 Å². The summed E-state index contributed by atoms with van der Waals surface area (Å²) in [4.78, 5) is 14.1. The molecular weight excluding hydrogens is 198 g/mol. The Balaban J connectivity index is 2.60. The number of aliphatic imine (C=N–C) groups is 1. The number of hydrogen-bond acceptors (Lipinski definition) is 2. The summed E-state index contributed by atoms with van der Waals surface area (Å²) in [6.45, 7) is 4.01. The third-order valence-corrected chi connectivity index (χ3v) is 2.48. The van der Waals surface area contributed by atoms with E-state index < -0.39 is 0 Å². The third kappa shape index (κ3) is 1.92. The van der Waals surface area contributed by atoms with Gasteiger partial charge < -0.3 is 0 Å². The Hall–Kier alpha value is -2.18. The predicted molar refractivity (Wildman–Crippen MR) is 64.4 cm³/mol. The van der Waals surface area contributed by atoms with Gasteiger partial charge in [0.15, 0.2) is 0 Å². The van der Waals surface area contributed by atoms with E-state index in [0.29, 0.717) is 5.70 Å². The Morgan fingerprint density at radius 3 is 2.69 bits per heavy atom. The minimum Gasteiger partial charge on any atom is -0.211 e. The summed E-state index contributed by atoms with van der Waals surface area (Å²) in [6.07, 6.45) is 6.16. The van der Waals surface area contributed by atoms with Crippen molar-refractivity contribution in [2.75, 3.05) is 0 Å². The lowest BCUT2D eigenvalue weighted by Crippen LogP contribution is -1.96. The second-order valence-corrected chi connectivity index (χ2v) is 3.54. The summed E-state index contributed by atoms with van der Waals surface area (Å²) in [6, 6.07) is 9.83. The fourth-order valence-corrected chi connectivity index (χ4v) is 1.78. The first-order valence-corrected chi connectivity index (χ1v) is 5.05. The number of allylic oxidation sites excluding steroid dienone is 4. The molecule has 16 heavy (non-hydrogen) atoms. The fraction of sp³-hybridized carbons (Fsp3) is 0.0714. The van der Waals surface area contributed by atoms with Crippen LogP contribution in [-0.4, -0.2) is 6.08 Å². The van der Waals surface area contributed by atoms with E-state index in [9.17, 15) is 4.79 Å². The first kappa shape index (κ1) is 10.3. The molecule has 0 spiro atoms.